The molecule has 1 unspecified atom stereocenters. The van der Waals surface area contributed by atoms with Crippen molar-refractivity contribution in [1.82, 2.24) is 5.32 Å². The molecule has 0 saturated carbocycles. The minimum absolute atomic E-state index is 0.159. The third-order valence-electron chi connectivity index (χ3n) is 2.05. The molecule has 3 heteroatoms. The molecule has 1 radical (unpaired) electrons. The van der Waals surface area contributed by atoms with Gasteiger partial charge in [0.1, 0.15) is 0 Å². The third-order valence-corrected chi connectivity index (χ3v) is 2.05. The average molecular weight is 156 g/mol. The molecule has 1 fully saturated rings. The molecule has 0 aromatic heterocycles. The fourth-order valence-corrected chi connectivity index (χ4v) is 1.38. The summed E-state index contributed by atoms with van der Waals surface area (Å²) in [7, 11) is 0. The first-order chi connectivity index (χ1) is 5.17. The third kappa shape index (κ3) is 2.02. The molecule has 1 aliphatic heterocycles. The lowest BCUT2D eigenvalue weighted by molar-refractivity contribution is -0.236. The van der Waals surface area contributed by atoms with Crippen LogP contribution >= 0.6 is 0 Å². The topological polar surface area (TPSA) is 54.6 Å². The van der Waals surface area contributed by atoms with Crippen molar-refractivity contribution < 1.29 is 10.2 Å². The van der Waals surface area contributed by atoms with Gasteiger partial charge in [-0.05, 0) is 19.3 Å². The second kappa shape index (κ2) is 3.34. The van der Waals surface area contributed by atoms with Gasteiger partial charge in [0.15, 0.2) is 0 Å². The normalized spacial score (nSPS) is 29.8. The first-order valence-corrected chi connectivity index (χ1v) is 3.91. The summed E-state index contributed by atoms with van der Waals surface area (Å²) in [6.07, 6.45) is 4.09. The minimum atomic E-state index is -1.80. The Kier molecular flexibility index (Phi) is 2.65. The fraction of sp³-hybridized carbons (Fsp3) is 0.750. The van der Waals surface area contributed by atoms with E-state index in [-0.39, 0.29) is 5.92 Å². The summed E-state index contributed by atoms with van der Waals surface area (Å²) in [4.78, 5) is 0. The number of hydrogen-bond donors (Lipinski definition) is 2. The molecule has 2 N–H and O–H groups in total. The lowest BCUT2D eigenvalue weighted by atomic mass is 9.92. The van der Waals surface area contributed by atoms with Crippen LogP contribution in [-0.2, 0) is 0 Å². The molecule has 3 nitrogen and oxygen atoms in total. The van der Waals surface area contributed by atoms with Crippen molar-refractivity contribution in [1.29, 1.82) is 0 Å². The van der Waals surface area contributed by atoms with Crippen LogP contribution in [0.3, 0.4) is 0 Å². The molecule has 1 atom stereocenters. The van der Waals surface area contributed by atoms with Crippen LogP contribution in [0.4, 0.5) is 0 Å². The van der Waals surface area contributed by atoms with E-state index in [0.717, 1.165) is 12.8 Å². The lowest BCUT2D eigenvalue weighted by Crippen LogP contribution is -2.50. The number of piperidine rings is 1. The highest BCUT2D eigenvalue weighted by atomic mass is 16.5. The van der Waals surface area contributed by atoms with Gasteiger partial charge in [-0.25, -0.2) is 0 Å². The van der Waals surface area contributed by atoms with Crippen molar-refractivity contribution in [2.45, 2.75) is 25.2 Å². The number of rotatable bonds is 2. The van der Waals surface area contributed by atoms with Gasteiger partial charge in [-0.15, -0.1) is 6.58 Å². The highest BCUT2D eigenvalue weighted by molar-refractivity contribution is 4.84. The van der Waals surface area contributed by atoms with E-state index < -0.39 is 5.91 Å². The van der Waals surface area contributed by atoms with Crippen LogP contribution in [0, 0.1) is 5.92 Å². The van der Waals surface area contributed by atoms with Gasteiger partial charge < -0.3 is 10.2 Å². The zero-order chi connectivity index (χ0) is 8.32. The molecule has 0 bridgehead atoms. The largest absolute Gasteiger partial charge is 0.352 e. The SMILES string of the molecule is C=CCC1CCC[N]C1(O)O. The van der Waals surface area contributed by atoms with E-state index in [1.807, 2.05) is 0 Å². The quantitative estimate of drug-likeness (QED) is 0.443. The van der Waals surface area contributed by atoms with Crippen LogP contribution in [0.1, 0.15) is 19.3 Å². The summed E-state index contributed by atoms with van der Waals surface area (Å²) in [5.74, 6) is -1.96. The first kappa shape index (κ1) is 8.71. The summed E-state index contributed by atoms with van der Waals surface area (Å²) in [6, 6.07) is 0. The van der Waals surface area contributed by atoms with Gasteiger partial charge in [-0.1, -0.05) is 6.08 Å². The van der Waals surface area contributed by atoms with Gasteiger partial charge in [-0.2, -0.15) is 5.32 Å². The highest BCUT2D eigenvalue weighted by Crippen LogP contribution is 2.26. The maximum atomic E-state index is 9.31. The van der Waals surface area contributed by atoms with Crippen molar-refractivity contribution in [3.63, 3.8) is 0 Å². The highest BCUT2D eigenvalue weighted by Gasteiger charge is 2.36. The smallest absolute Gasteiger partial charge is 0.241 e. The van der Waals surface area contributed by atoms with Gasteiger partial charge in [-0.3, -0.25) is 0 Å². The molecule has 0 aliphatic carbocycles. The molecule has 0 amide bonds. The fourth-order valence-electron chi connectivity index (χ4n) is 1.38. The lowest BCUT2D eigenvalue weighted by Gasteiger charge is -2.33. The Morgan fingerprint density at radius 2 is 2.36 bits per heavy atom. The Morgan fingerprint density at radius 3 is 2.91 bits per heavy atom. The van der Waals surface area contributed by atoms with E-state index in [4.69, 9.17) is 0 Å². The van der Waals surface area contributed by atoms with E-state index in [9.17, 15) is 10.2 Å². The number of aliphatic hydroxyl groups is 2. The molecule has 1 saturated heterocycles. The average Bonchev–Trinajstić information content (AvgIpc) is 1.94. The second-order valence-electron chi connectivity index (χ2n) is 2.93. The van der Waals surface area contributed by atoms with Crippen LogP contribution in [0.2, 0.25) is 0 Å². The van der Waals surface area contributed by atoms with Gasteiger partial charge in [0.25, 0.3) is 0 Å². The van der Waals surface area contributed by atoms with Crippen molar-refractivity contribution in [2.75, 3.05) is 6.54 Å². The predicted molar refractivity (Wildman–Crippen MR) is 41.7 cm³/mol. The van der Waals surface area contributed by atoms with E-state index in [1.165, 1.54) is 0 Å². The Morgan fingerprint density at radius 1 is 1.64 bits per heavy atom. The van der Waals surface area contributed by atoms with Gasteiger partial charge in [0.05, 0.1) is 0 Å². The van der Waals surface area contributed by atoms with Crippen LogP contribution < -0.4 is 5.32 Å². The summed E-state index contributed by atoms with van der Waals surface area (Å²) in [5.41, 5.74) is 0. The summed E-state index contributed by atoms with van der Waals surface area (Å²) in [5, 5.41) is 22.3. The van der Waals surface area contributed by atoms with Gasteiger partial charge >= 0.3 is 0 Å². The standard InChI is InChI=1S/C8H14NO2/c1-2-4-7-5-3-6-9-8(7,10)11/h2,7,10-11H,1,3-6H2. The Balaban J connectivity index is 2.52. The molecule has 0 aromatic carbocycles. The zero-order valence-electron chi connectivity index (χ0n) is 6.53. The van der Waals surface area contributed by atoms with Crippen molar-refractivity contribution >= 4 is 0 Å². The number of nitrogens with zero attached hydrogens (tertiary/aromatic N) is 1. The molecule has 0 aromatic rings. The predicted octanol–water partition coefficient (Wildman–Crippen LogP) is 0.215. The molecule has 1 rings (SSSR count). The Hall–Kier alpha value is -0.380. The molecule has 1 heterocycles. The molecule has 63 valence electrons. The van der Waals surface area contributed by atoms with E-state index in [2.05, 4.69) is 11.9 Å². The first-order valence-electron chi connectivity index (χ1n) is 3.91. The van der Waals surface area contributed by atoms with Crippen molar-refractivity contribution in [3.05, 3.63) is 12.7 Å². The minimum Gasteiger partial charge on any atom is -0.352 e. The van der Waals surface area contributed by atoms with E-state index in [1.54, 1.807) is 6.08 Å². The maximum Gasteiger partial charge on any atom is 0.241 e. The van der Waals surface area contributed by atoms with Crippen LogP contribution in [0.15, 0.2) is 12.7 Å². The Labute approximate surface area is 66.7 Å². The van der Waals surface area contributed by atoms with Crippen molar-refractivity contribution in [2.24, 2.45) is 5.92 Å². The van der Waals surface area contributed by atoms with Crippen LogP contribution in [0.25, 0.3) is 0 Å². The van der Waals surface area contributed by atoms with Crippen molar-refractivity contribution in [3.8, 4) is 0 Å². The van der Waals surface area contributed by atoms with Crippen LogP contribution in [-0.4, -0.2) is 22.7 Å². The second-order valence-corrected chi connectivity index (χ2v) is 2.93. The summed E-state index contributed by atoms with van der Waals surface area (Å²) in [6.45, 7) is 4.11. The summed E-state index contributed by atoms with van der Waals surface area (Å²) >= 11 is 0. The van der Waals surface area contributed by atoms with E-state index >= 15 is 0 Å². The molecule has 1 aliphatic rings. The maximum absolute atomic E-state index is 9.31. The van der Waals surface area contributed by atoms with E-state index in [0.29, 0.717) is 13.0 Å². The molecule has 0 spiro atoms. The van der Waals surface area contributed by atoms with Gasteiger partial charge in [0, 0.05) is 12.5 Å². The number of allylic oxidation sites excluding steroid dienone is 1. The molecular formula is C8H14NO2. The zero-order valence-corrected chi connectivity index (χ0v) is 6.53. The summed E-state index contributed by atoms with van der Waals surface area (Å²) < 4.78 is 0. The van der Waals surface area contributed by atoms with Gasteiger partial charge in [0.2, 0.25) is 5.91 Å². The monoisotopic (exact) mass is 156 g/mol. The van der Waals surface area contributed by atoms with Crippen LogP contribution in [0.5, 0.6) is 0 Å². The number of hydrogen-bond acceptors (Lipinski definition) is 2. The molecular weight excluding hydrogens is 142 g/mol. The Bertz CT molecular complexity index is 145. The molecule has 11 heavy (non-hydrogen) atoms.